The van der Waals surface area contributed by atoms with Gasteiger partial charge in [0.1, 0.15) is 0 Å². The summed E-state index contributed by atoms with van der Waals surface area (Å²) in [4.78, 5) is 11.7. The van der Waals surface area contributed by atoms with Crippen molar-refractivity contribution >= 4 is 18.3 Å². The van der Waals surface area contributed by atoms with E-state index in [9.17, 15) is 4.79 Å². The lowest BCUT2D eigenvalue weighted by Gasteiger charge is -2.11. The number of rotatable bonds is 8. The lowest BCUT2D eigenvalue weighted by molar-refractivity contribution is -0.124. The van der Waals surface area contributed by atoms with E-state index in [4.69, 9.17) is 10.5 Å². The summed E-state index contributed by atoms with van der Waals surface area (Å²) >= 11 is 0. The highest BCUT2D eigenvalue weighted by Crippen LogP contribution is 2.09. The van der Waals surface area contributed by atoms with Crippen LogP contribution in [0.3, 0.4) is 0 Å². The Morgan fingerprint density at radius 1 is 1.04 bits per heavy atom. The molecule has 0 spiro atoms. The molecule has 0 radical (unpaired) electrons. The maximum Gasteiger partial charge on any atom is 0.224 e. The van der Waals surface area contributed by atoms with Crippen molar-refractivity contribution < 1.29 is 9.53 Å². The van der Waals surface area contributed by atoms with Gasteiger partial charge in [0.15, 0.2) is 0 Å². The Kier molecular flexibility index (Phi) is 9.08. The van der Waals surface area contributed by atoms with Gasteiger partial charge in [0.2, 0.25) is 5.91 Å². The van der Waals surface area contributed by atoms with Crippen molar-refractivity contribution in [1.29, 1.82) is 0 Å². The highest BCUT2D eigenvalue weighted by atomic mass is 35.5. The summed E-state index contributed by atoms with van der Waals surface area (Å²) in [5, 5.41) is 2.90. The number of ether oxygens (including phenoxy) is 1. The predicted octanol–water partition coefficient (Wildman–Crippen LogP) is 3.04. The predicted molar refractivity (Wildman–Crippen MR) is 98.7 cm³/mol. The number of hydrogen-bond acceptors (Lipinski definition) is 3. The standard InChI is InChI=1S/C19H24N2O2.ClH/c1-15(11-20)19(22)21-12-17-8-5-9-18(10-17)14-23-13-16-6-3-2-4-7-16;/h2-10,15H,11-14,20H2,1H3,(H,21,22);1H. The van der Waals surface area contributed by atoms with E-state index in [1.807, 2.05) is 55.5 Å². The zero-order valence-electron chi connectivity index (χ0n) is 13.9. The average Bonchev–Trinajstić information content (AvgIpc) is 2.60. The van der Waals surface area contributed by atoms with Crippen LogP contribution in [0.2, 0.25) is 0 Å². The van der Waals surface area contributed by atoms with E-state index < -0.39 is 0 Å². The number of benzene rings is 2. The molecular weight excluding hydrogens is 324 g/mol. The first-order chi connectivity index (χ1) is 11.2. The molecule has 0 aromatic heterocycles. The minimum Gasteiger partial charge on any atom is -0.372 e. The molecule has 1 atom stereocenters. The summed E-state index contributed by atoms with van der Waals surface area (Å²) in [5.74, 6) is -0.175. The second-order valence-corrected chi connectivity index (χ2v) is 5.65. The minimum absolute atomic E-state index is 0. The van der Waals surface area contributed by atoms with Gasteiger partial charge in [-0.1, -0.05) is 61.5 Å². The first kappa shape index (κ1) is 20.2. The highest BCUT2D eigenvalue weighted by molar-refractivity contribution is 5.85. The van der Waals surface area contributed by atoms with E-state index >= 15 is 0 Å². The second kappa shape index (κ2) is 10.8. The number of nitrogens with two attached hydrogens (primary N) is 1. The minimum atomic E-state index is -0.160. The van der Waals surface area contributed by atoms with Gasteiger partial charge in [0, 0.05) is 19.0 Å². The topological polar surface area (TPSA) is 64.4 Å². The van der Waals surface area contributed by atoms with Crippen LogP contribution in [-0.4, -0.2) is 12.5 Å². The molecule has 2 rings (SSSR count). The summed E-state index contributed by atoms with van der Waals surface area (Å²) in [6.07, 6.45) is 0. The van der Waals surface area contributed by atoms with Gasteiger partial charge in [-0.2, -0.15) is 0 Å². The smallest absolute Gasteiger partial charge is 0.224 e. The largest absolute Gasteiger partial charge is 0.372 e. The van der Waals surface area contributed by atoms with Gasteiger partial charge < -0.3 is 15.8 Å². The number of hydrogen-bond donors (Lipinski definition) is 2. The van der Waals surface area contributed by atoms with Crippen LogP contribution in [0.5, 0.6) is 0 Å². The third-order valence-electron chi connectivity index (χ3n) is 3.64. The van der Waals surface area contributed by atoms with Crippen LogP contribution in [-0.2, 0) is 29.3 Å². The summed E-state index contributed by atoms with van der Waals surface area (Å²) < 4.78 is 5.74. The maximum atomic E-state index is 11.7. The molecule has 2 aromatic rings. The molecule has 0 bridgehead atoms. The van der Waals surface area contributed by atoms with Gasteiger partial charge >= 0.3 is 0 Å². The molecule has 5 heteroatoms. The number of carbonyl (C=O) groups excluding carboxylic acids is 1. The summed E-state index contributed by atoms with van der Waals surface area (Å²) in [6, 6.07) is 18.1. The van der Waals surface area contributed by atoms with Crippen LogP contribution < -0.4 is 11.1 Å². The van der Waals surface area contributed by atoms with E-state index in [1.54, 1.807) is 0 Å². The molecule has 0 fully saturated rings. The first-order valence-electron chi connectivity index (χ1n) is 7.86. The van der Waals surface area contributed by atoms with Crippen LogP contribution in [0.25, 0.3) is 0 Å². The fraction of sp³-hybridized carbons (Fsp3) is 0.316. The lowest BCUT2D eigenvalue weighted by atomic mass is 10.1. The summed E-state index contributed by atoms with van der Waals surface area (Å²) in [7, 11) is 0. The third-order valence-corrected chi connectivity index (χ3v) is 3.64. The van der Waals surface area contributed by atoms with E-state index in [2.05, 4.69) is 11.4 Å². The van der Waals surface area contributed by atoms with Crippen molar-refractivity contribution in [2.24, 2.45) is 11.7 Å². The zero-order chi connectivity index (χ0) is 16.5. The van der Waals surface area contributed by atoms with Crippen molar-refractivity contribution in [2.75, 3.05) is 6.54 Å². The Morgan fingerprint density at radius 3 is 2.38 bits per heavy atom. The molecular formula is C19H25ClN2O2. The molecule has 0 aliphatic heterocycles. The average molecular weight is 349 g/mol. The van der Waals surface area contributed by atoms with Gasteiger partial charge in [0.25, 0.3) is 0 Å². The lowest BCUT2D eigenvalue weighted by Crippen LogP contribution is -2.32. The van der Waals surface area contributed by atoms with E-state index in [0.717, 1.165) is 16.7 Å². The third kappa shape index (κ3) is 6.71. The summed E-state index contributed by atoms with van der Waals surface area (Å²) in [5.41, 5.74) is 8.81. The molecule has 130 valence electrons. The molecule has 24 heavy (non-hydrogen) atoms. The van der Waals surface area contributed by atoms with Gasteiger partial charge in [-0.25, -0.2) is 0 Å². The van der Waals surface area contributed by atoms with Crippen molar-refractivity contribution in [2.45, 2.75) is 26.7 Å². The van der Waals surface area contributed by atoms with Gasteiger partial charge in [-0.15, -0.1) is 12.4 Å². The molecule has 1 amide bonds. The van der Waals surface area contributed by atoms with Crippen LogP contribution >= 0.6 is 12.4 Å². The van der Waals surface area contributed by atoms with Crippen LogP contribution in [0.4, 0.5) is 0 Å². The highest BCUT2D eigenvalue weighted by Gasteiger charge is 2.09. The van der Waals surface area contributed by atoms with Crippen molar-refractivity contribution in [1.82, 2.24) is 5.32 Å². The normalized spacial score (nSPS) is 11.4. The van der Waals surface area contributed by atoms with Crippen LogP contribution in [0.15, 0.2) is 54.6 Å². The fourth-order valence-corrected chi connectivity index (χ4v) is 2.16. The Labute approximate surface area is 149 Å². The quantitative estimate of drug-likeness (QED) is 0.770. The molecule has 0 saturated heterocycles. The molecule has 0 heterocycles. The number of nitrogens with one attached hydrogen (secondary N) is 1. The van der Waals surface area contributed by atoms with E-state index in [0.29, 0.717) is 26.3 Å². The molecule has 0 aliphatic carbocycles. The number of halogens is 1. The molecule has 0 saturated carbocycles. The molecule has 1 unspecified atom stereocenters. The Balaban J connectivity index is 0.00000288. The van der Waals surface area contributed by atoms with Crippen molar-refractivity contribution in [3.05, 3.63) is 71.3 Å². The monoisotopic (exact) mass is 348 g/mol. The number of carbonyl (C=O) groups is 1. The van der Waals surface area contributed by atoms with Gasteiger partial charge in [-0.05, 0) is 16.7 Å². The van der Waals surface area contributed by atoms with Gasteiger partial charge in [0.05, 0.1) is 13.2 Å². The molecule has 2 aromatic carbocycles. The SMILES string of the molecule is CC(CN)C(=O)NCc1cccc(COCc2ccccc2)c1.Cl. The summed E-state index contributed by atoms with van der Waals surface area (Å²) in [6.45, 7) is 3.84. The number of amides is 1. The van der Waals surface area contributed by atoms with Crippen LogP contribution in [0.1, 0.15) is 23.6 Å². The van der Waals surface area contributed by atoms with E-state index in [-0.39, 0.29) is 24.2 Å². The Hall–Kier alpha value is -1.88. The second-order valence-electron chi connectivity index (χ2n) is 5.65. The Bertz CT molecular complexity index is 620. The van der Waals surface area contributed by atoms with E-state index in [1.165, 1.54) is 0 Å². The van der Waals surface area contributed by atoms with Crippen LogP contribution in [0, 0.1) is 5.92 Å². The first-order valence-corrected chi connectivity index (χ1v) is 7.86. The molecule has 0 aliphatic rings. The maximum absolute atomic E-state index is 11.7. The Morgan fingerprint density at radius 2 is 1.67 bits per heavy atom. The van der Waals surface area contributed by atoms with Crippen molar-refractivity contribution in [3.8, 4) is 0 Å². The van der Waals surface area contributed by atoms with Gasteiger partial charge in [-0.3, -0.25) is 4.79 Å². The van der Waals surface area contributed by atoms with Crippen molar-refractivity contribution in [3.63, 3.8) is 0 Å². The fourth-order valence-electron chi connectivity index (χ4n) is 2.16. The molecule has 4 nitrogen and oxygen atoms in total. The molecule has 3 N–H and O–H groups in total. The zero-order valence-corrected chi connectivity index (χ0v) is 14.7.